The SMILES string of the molecule is CCS(=O)(=O)CC(C)NC1CC(C)CCC1C(C)C. The summed E-state index contributed by atoms with van der Waals surface area (Å²) >= 11 is 0. The Morgan fingerprint density at radius 3 is 2.37 bits per heavy atom. The van der Waals surface area contributed by atoms with Gasteiger partial charge in [0, 0.05) is 17.8 Å². The van der Waals surface area contributed by atoms with Crippen LogP contribution in [0.5, 0.6) is 0 Å². The molecule has 0 aromatic rings. The van der Waals surface area contributed by atoms with Gasteiger partial charge in [0.25, 0.3) is 0 Å². The summed E-state index contributed by atoms with van der Waals surface area (Å²) < 4.78 is 23.4. The molecule has 0 radical (unpaired) electrons. The van der Waals surface area contributed by atoms with Crippen LogP contribution in [-0.4, -0.2) is 32.0 Å². The van der Waals surface area contributed by atoms with Crippen LogP contribution in [0.4, 0.5) is 0 Å². The molecule has 4 unspecified atom stereocenters. The Morgan fingerprint density at radius 1 is 1.21 bits per heavy atom. The highest BCUT2D eigenvalue weighted by atomic mass is 32.2. The number of nitrogens with one attached hydrogen (secondary N) is 1. The van der Waals surface area contributed by atoms with Crippen molar-refractivity contribution in [1.82, 2.24) is 5.32 Å². The summed E-state index contributed by atoms with van der Waals surface area (Å²) in [5, 5.41) is 3.59. The highest BCUT2D eigenvalue weighted by Crippen LogP contribution is 2.33. The molecule has 1 fully saturated rings. The quantitative estimate of drug-likeness (QED) is 0.818. The van der Waals surface area contributed by atoms with Crippen LogP contribution in [0.15, 0.2) is 0 Å². The maximum Gasteiger partial charge on any atom is 0.151 e. The normalized spacial score (nSPS) is 30.5. The minimum atomic E-state index is -2.88. The zero-order valence-corrected chi connectivity index (χ0v) is 14.0. The smallest absolute Gasteiger partial charge is 0.151 e. The van der Waals surface area contributed by atoms with Gasteiger partial charge in [0.05, 0.1) is 5.75 Å². The largest absolute Gasteiger partial charge is 0.310 e. The molecule has 1 aliphatic carbocycles. The average molecular weight is 289 g/mol. The van der Waals surface area contributed by atoms with Gasteiger partial charge in [0.1, 0.15) is 0 Å². The Balaban J connectivity index is 2.61. The van der Waals surface area contributed by atoms with E-state index in [-0.39, 0.29) is 17.5 Å². The van der Waals surface area contributed by atoms with Crippen molar-refractivity contribution in [3.05, 3.63) is 0 Å². The fourth-order valence-electron chi connectivity index (χ4n) is 3.31. The Hall–Kier alpha value is -0.0900. The van der Waals surface area contributed by atoms with Crippen molar-refractivity contribution in [2.75, 3.05) is 11.5 Å². The Kier molecular flexibility index (Phi) is 6.31. The standard InChI is InChI=1S/C15H31NO2S/c1-6-19(17,18)10-13(5)16-15-9-12(4)7-8-14(15)11(2)3/h11-16H,6-10H2,1-5H3. The molecule has 0 heterocycles. The molecule has 0 aromatic carbocycles. The van der Waals surface area contributed by atoms with Crippen LogP contribution in [-0.2, 0) is 9.84 Å². The maximum absolute atomic E-state index is 11.7. The van der Waals surface area contributed by atoms with Gasteiger partial charge in [-0.25, -0.2) is 8.42 Å². The van der Waals surface area contributed by atoms with Gasteiger partial charge in [0.15, 0.2) is 9.84 Å². The molecule has 1 rings (SSSR count). The molecule has 0 saturated heterocycles. The molecule has 0 bridgehead atoms. The molecular weight excluding hydrogens is 258 g/mol. The van der Waals surface area contributed by atoms with Crippen molar-refractivity contribution >= 4 is 9.84 Å². The maximum atomic E-state index is 11.7. The lowest BCUT2D eigenvalue weighted by molar-refractivity contribution is 0.163. The van der Waals surface area contributed by atoms with Gasteiger partial charge in [-0.1, -0.05) is 34.1 Å². The average Bonchev–Trinajstić information content (AvgIpc) is 2.27. The molecule has 0 aliphatic heterocycles. The van der Waals surface area contributed by atoms with Crippen LogP contribution in [0.2, 0.25) is 0 Å². The minimum absolute atomic E-state index is 0.0569. The van der Waals surface area contributed by atoms with E-state index in [9.17, 15) is 8.42 Å². The lowest BCUT2D eigenvalue weighted by Crippen LogP contribution is -2.48. The topological polar surface area (TPSA) is 46.2 Å². The van der Waals surface area contributed by atoms with Crippen LogP contribution in [0.25, 0.3) is 0 Å². The van der Waals surface area contributed by atoms with Crippen LogP contribution in [0.3, 0.4) is 0 Å². The highest BCUT2D eigenvalue weighted by molar-refractivity contribution is 7.91. The lowest BCUT2D eigenvalue weighted by Gasteiger charge is -2.39. The van der Waals surface area contributed by atoms with Crippen molar-refractivity contribution in [3.8, 4) is 0 Å². The van der Waals surface area contributed by atoms with E-state index in [1.807, 2.05) is 6.92 Å². The van der Waals surface area contributed by atoms with Gasteiger partial charge in [-0.15, -0.1) is 0 Å². The summed E-state index contributed by atoms with van der Waals surface area (Å²) in [7, 11) is -2.88. The number of sulfone groups is 1. The number of hydrogen-bond donors (Lipinski definition) is 1. The van der Waals surface area contributed by atoms with Crippen LogP contribution >= 0.6 is 0 Å². The summed E-state index contributed by atoms with van der Waals surface area (Å²) in [5.41, 5.74) is 0. The predicted molar refractivity (Wildman–Crippen MR) is 82.1 cm³/mol. The van der Waals surface area contributed by atoms with E-state index >= 15 is 0 Å². The molecular formula is C15H31NO2S. The van der Waals surface area contributed by atoms with Crippen molar-refractivity contribution < 1.29 is 8.42 Å². The first-order valence-corrected chi connectivity index (χ1v) is 9.53. The van der Waals surface area contributed by atoms with Gasteiger partial charge in [-0.05, 0) is 37.5 Å². The molecule has 3 nitrogen and oxygen atoms in total. The zero-order valence-electron chi connectivity index (χ0n) is 13.1. The van der Waals surface area contributed by atoms with E-state index in [0.29, 0.717) is 17.9 Å². The molecule has 19 heavy (non-hydrogen) atoms. The van der Waals surface area contributed by atoms with Gasteiger partial charge < -0.3 is 5.32 Å². The second-order valence-electron chi connectivity index (χ2n) is 6.70. The van der Waals surface area contributed by atoms with E-state index in [1.165, 1.54) is 19.3 Å². The summed E-state index contributed by atoms with van der Waals surface area (Å²) in [6.07, 6.45) is 3.76. The third-order valence-electron chi connectivity index (χ3n) is 4.46. The molecule has 114 valence electrons. The summed E-state index contributed by atoms with van der Waals surface area (Å²) in [6.45, 7) is 10.6. The highest BCUT2D eigenvalue weighted by Gasteiger charge is 2.31. The van der Waals surface area contributed by atoms with Crippen molar-refractivity contribution in [1.29, 1.82) is 0 Å². The summed E-state index contributed by atoms with van der Waals surface area (Å²) in [6, 6.07) is 0.535. The first kappa shape index (κ1) is 17.0. The fraction of sp³-hybridized carbons (Fsp3) is 1.00. The molecule has 0 spiro atoms. The molecule has 1 N–H and O–H groups in total. The lowest BCUT2D eigenvalue weighted by atomic mass is 9.74. The predicted octanol–water partition coefficient (Wildman–Crippen LogP) is 2.86. The van der Waals surface area contributed by atoms with Crippen molar-refractivity contribution in [3.63, 3.8) is 0 Å². The van der Waals surface area contributed by atoms with E-state index < -0.39 is 9.84 Å². The third kappa shape index (κ3) is 5.42. The number of hydrogen-bond acceptors (Lipinski definition) is 3. The summed E-state index contributed by atoms with van der Waals surface area (Å²) in [4.78, 5) is 0. The van der Waals surface area contributed by atoms with Crippen molar-refractivity contribution in [2.45, 2.75) is 66.0 Å². The first-order chi connectivity index (χ1) is 8.75. The Bertz CT molecular complexity index is 364. The first-order valence-electron chi connectivity index (χ1n) is 7.71. The monoisotopic (exact) mass is 289 g/mol. The molecule has 1 saturated carbocycles. The minimum Gasteiger partial charge on any atom is -0.310 e. The fourth-order valence-corrected chi connectivity index (χ4v) is 4.40. The van der Waals surface area contributed by atoms with Gasteiger partial charge in [-0.3, -0.25) is 0 Å². The van der Waals surface area contributed by atoms with Gasteiger partial charge >= 0.3 is 0 Å². The van der Waals surface area contributed by atoms with Gasteiger partial charge in [-0.2, -0.15) is 0 Å². The molecule has 0 amide bonds. The van der Waals surface area contributed by atoms with Gasteiger partial charge in [0.2, 0.25) is 0 Å². The Morgan fingerprint density at radius 2 is 1.84 bits per heavy atom. The molecule has 4 atom stereocenters. The third-order valence-corrected chi connectivity index (χ3v) is 6.35. The van der Waals surface area contributed by atoms with E-state index in [0.717, 1.165) is 5.92 Å². The second kappa shape index (κ2) is 7.07. The number of rotatable bonds is 6. The van der Waals surface area contributed by atoms with E-state index in [1.54, 1.807) is 6.92 Å². The van der Waals surface area contributed by atoms with E-state index in [4.69, 9.17) is 0 Å². The van der Waals surface area contributed by atoms with Crippen LogP contribution < -0.4 is 5.32 Å². The van der Waals surface area contributed by atoms with Crippen LogP contribution in [0, 0.1) is 17.8 Å². The second-order valence-corrected chi connectivity index (χ2v) is 9.10. The molecule has 1 aliphatic rings. The zero-order chi connectivity index (χ0) is 14.6. The van der Waals surface area contributed by atoms with E-state index in [2.05, 4.69) is 26.1 Å². The summed E-state index contributed by atoms with van der Waals surface area (Å²) in [5.74, 6) is 2.61. The molecule has 0 aromatic heterocycles. The van der Waals surface area contributed by atoms with Crippen LogP contribution in [0.1, 0.15) is 53.9 Å². The molecule has 4 heteroatoms. The van der Waals surface area contributed by atoms with Crippen molar-refractivity contribution in [2.24, 2.45) is 17.8 Å². The Labute approximate surface area is 119 Å².